The topological polar surface area (TPSA) is 67.5 Å². The number of nitrogens with two attached hydrogens (primary N) is 1. The van der Waals surface area contributed by atoms with Crippen LogP contribution >= 0.6 is 11.3 Å². The third-order valence-corrected chi connectivity index (χ3v) is 3.26. The molecule has 0 bridgehead atoms. The predicted molar refractivity (Wildman–Crippen MR) is 58.7 cm³/mol. The van der Waals surface area contributed by atoms with Gasteiger partial charge in [-0.15, -0.1) is 11.3 Å². The molecule has 1 rings (SSSR count). The number of urea groups is 1. The number of carbonyl (C=O) groups excluding carboxylic acids is 1. The van der Waals surface area contributed by atoms with Gasteiger partial charge in [0.15, 0.2) is 0 Å². The van der Waals surface area contributed by atoms with Gasteiger partial charge in [0.1, 0.15) is 0 Å². The molecule has 0 aromatic carbocycles. The molecule has 0 spiro atoms. The molecule has 4 nitrogen and oxygen atoms in total. The van der Waals surface area contributed by atoms with E-state index in [9.17, 15) is 4.79 Å². The molecule has 1 aromatic heterocycles. The van der Waals surface area contributed by atoms with Crippen molar-refractivity contribution in [1.29, 1.82) is 0 Å². The Morgan fingerprint density at radius 3 is 2.64 bits per heavy atom. The molecule has 0 radical (unpaired) electrons. The summed E-state index contributed by atoms with van der Waals surface area (Å²) in [6.45, 7) is 5.92. The molecule has 0 saturated carbocycles. The van der Waals surface area contributed by atoms with Gasteiger partial charge in [0, 0.05) is 0 Å². The van der Waals surface area contributed by atoms with E-state index >= 15 is 0 Å². The molecule has 1 aromatic rings. The summed E-state index contributed by atoms with van der Waals surface area (Å²) in [7, 11) is 0. The van der Waals surface area contributed by atoms with Crippen molar-refractivity contribution in [3.05, 3.63) is 21.4 Å². The summed E-state index contributed by atoms with van der Waals surface area (Å²) in [6, 6.07) is -0.643. The molecule has 0 unspecified atom stereocenters. The average molecular weight is 211 g/mol. The number of amides is 2. The lowest BCUT2D eigenvalue weighted by molar-refractivity contribution is 0.249. The van der Waals surface area contributed by atoms with Gasteiger partial charge in [-0.1, -0.05) is 0 Å². The van der Waals surface area contributed by atoms with Crippen molar-refractivity contribution in [2.75, 3.05) is 0 Å². The number of hydrogen-bond donors (Lipinski definition) is 2. The molecule has 3 N–H and O–H groups in total. The molecule has 0 aliphatic carbocycles. The lowest BCUT2D eigenvalue weighted by Crippen LogP contribution is -2.25. The molecule has 0 atom stereocenters. The maximum Gasteiger partial charge on any atom is 0.332 e. The van der Waals surface area contributed by atoms with Gasteiger partial charge in [-0.05, 0) is 37.3 Å². The van der Waals surface area contributed by atoms with E-state index in [-0.39, 0.29) is 0 Å². The van der Waals surface area contributed by atoms with E-state index in [1.54, 1.807) is 11.3 Å². The van der Waals surface area contributed by atoms with Crippen molar-refractivity contribution < 1.29 is 4.79 Å². The zero-order chi connectivity index (χ0) is 10.7. The molecular weight excluding hydrogens is 198 g/mol. The Hall–Kier alpha value is -1.36. The minimum absolute atomic E-state index is 0.643. The molecular formula is C9H13N3OS. The van der Waals surface area contributed by atoms with Crippen LogP contribution in [0, 0.1) is 13.8 Å². The van der Waals surface area contributed by atoms with Crippen LogP contribution in [0.1, 0.15) is 22.9 Å². The smallest absolute Gasteiger partial charge is 0.332 e. The van der Waals surface area contributed by atoms with Crippen LogP contribution in [0.5, 0.6) is 0 Å². The van der Waals surface area contributed by atoms with E-state index < -0.39 is 6.03 Å². The van der Waals surface area contributed by atoms with Crippen LogP contribution < -0.4 is 11.2 Å². The lowest BCUT2D eigenvalue weighted by atomic mass is 10.1. The molecule has 5 heteroatoms. The third kappa shape index (κ3) is 2.32. The fourth-order valence-corrected chi connectivity index (χ4v) is 2.07. The largest absolute Gasteiger partial charge is 0.350 e. The van der Waals surface area contributed by atoms with Gasteiger partial charge in [-0.25, -0.2) is 10.2 Å². The van der Waals surface area contributed by atoms with Crippen molar-refractivity contribution in [1.82, 2.24) is 5.43 Å². The number of rotatable bonds is 2. The van der Waals surface area contributed by atoms with E-state index in [0.29, 0.717) is 0 Å². The average Bonchev–Trinajstić information content (AvgIpc) is 2.44. The Balaban J connectivity index is 2.89. The first kappa shape index (κ1) is 10.7. The predicted octanol–water partition coefficient (Wildman–Crippen LogP) is 1.76. The Kier molecular flexibility index (Phi) is 3.24. The second-order valence-corrected chi connectivity index (χ2v) is 3.93. The van der Waals surface area contributed by atoms with Crippen LogP contribution in [-0.2, 0) is 0 Å². The van der Waals surface area contributed by atoms with Crippen LogP contribution in [0.2, 0.25) is 0 Å². The molecule has 0 saturated heterocycles. The molecule has 14 heavy (non-hydrogen) atoms. The minimum Gasteiger partial charge on any atom is -0.350 e. The van der Waals surface area contributed by atoms with Crippen LogP contribution in [0.15, 0.2) is 10.5 Å². The maximum absolute atomic E-state index is 10.4. The number of hydrazone groups is 1. The van der Waals surface area contributed by atoms with Crippen LogP contribution in [-0.4, -0.2) is 11.7 Å². The van der Waals surface area contributed by atoms with Gasteiger partial charge in [-0.2, -0.15) is 5.10 Å². The second kappa shape index (κ2) is 4.23. The van der Waals surface area contributed by atoms with E-state index in [2.05, 4.69) is 15.9 Å². The first-order chi connectivity index (χ1) is 6.52. The monoisotopic (exact) mass is 211 g/mol. The molecule has 0 fully saturated rings. The summed E-state index contributed by atoms with van der Waals surface area (Å²) in [5.74, 6) is 0. The standard InChI is InChI=1S/C9H13N3OS/c1-5-4-14-8(6(5)2)7(3)11-12-9(10)13/h4H,1-3H3,(H3,10,12,13)/b11-7+. The highest BCUT2D eigenvalue weighted by Gasteiger charge is 2.06. The minimum atomic E-state index is -0.643. The summed E-state index contributed by atoms with van der Waals surface area (Å²) in [5.41, 5.74) is 10.3. The first-order valence-electron chi connectivity index (χ1n) is 4.17. The quantitative estimate of drug-likeness (QED) is 0.568. The van der Waals surface area contributed by atoms with Crippen molar-refractivity contribution in [2.45, 2.75) is 20.8 Å². The zero-order valence-electron chi connectivity index (χ0n) is 8.42. The van der Waals surface area contributed by atoms with Gasteiger partial charge in [-0.3, -0.25) is 0 Å². The van der Waals surface area contributed by atoms with E-state index in [4.69, 9.17) is 5.73 Å². The summed E-state index contributed by atoms with van der Waals surface area (Å²) >= 11 is 1.61. The van der Waals surface area contributed by atoms with E-state index in [1.807, 2.05) is 20.8 Å². The van der Waals surface area contributed by atoms with Crippen molar-refractivity contribution in [3.63, 3.8) is 0 Å². The molecule has 0 aliphatic heterocycles. The Morgan fingerprint density at radius 2 is 2.21 bits per heavy atom. The second-order valence-electron chi connectivity index (χ2n) is 3.05. The lowest BCUT2D eigenvalue weighted by Gasteiger charge is -1.99. The number of nitrogens with one attached hydrogen (secondary N) is 1. The number of hydrogen-bond acceptors (Lipinski definition) is 3. The zero-order valence-corrected chi connectivity index (χ0v) is 9.23. The van der Waals surface area contributed by atoms with Crippen molar-refractivity contribution in [3.8, 4) is 0 Å². The van der Waals surface area contributed by atoms with E-state index in [1.165, 1.54) is 11.1 Å². The number of carbonyl (C=O) groups is 1. The first-order valence-corrected chi connectivity index (χ1v) is 5.05. The van der Waals surface area contributed by atoms with Gasteiger partial charge in [0.25, 0.3) is 0 Å². The fourth-order valence-electron chi connectivity index (χ4n) is 1.05. The molecule has 0 aliphatic rings. The molecule has 2 amide bonds. The van der Waals surface area contributed by atoms with E-state index in [0.717, 1.165) is 10.6 Å². The van der Waals surface area contributed by atoms with Crippen LogP contribution in [0.25, 0.3) is 0 Å². The van der Waals surface area contributed by atoms with Gasteiger partial charge >= 0.3 is 6.03 Å². The maximum atomic E-state index is 10.4. The Labute approximate surface area is 86.8 Å². The number of primary amides is 1. The van der Waals surface area contributed by atoms with Crippen LogP contribution in [0.3, 0.4) is 0 Å². The Morgan fingerprint density at radius 1 is 1.57 bits per heavy atom. The molecule has 76 valence electrons. The third-order valence-electron chi connectivity index (χ3n) is 1.95. The highest BCUT2D eigenvalue weighted by molar-refractivity contribution is 7.12. The van der Waals surface area contributed by atoms with Gasteiger partial charge < -0.3 is 5.73 Å². The molecule has 1 heterocycles. The normalized spacial score (nSPS) is 11.5. The van der Waals surface area contributed by atoms with Gasteiger partial charge in [0.05, 0.1) is 10.6 Å². The highest BCUT2D eigenvalue weighted by atomic mass is 32.1. The van der Waals surface area contributed by atoms with Crippen molar-refractivity contribution >= 4 is 23.1 Å². The van der Waals surface area contributed by atoms with Crippen LogP contribution in [0.4, 0.5) is 4.79 Å². The number of nitrogens with zero attached hydrogens (tertiary/aromatic N) is 1. The SMILES string of the molecule is C/C(=N\NC(N)=O)c1scc(C)c1C. The Bertz CT molecular complexity index is 381. The summed E-state index contributed by atoms with van der Waals surface area (Å²) in [6.07, 6.45) is 0. The highest BCUT2D eigenvalue weighted by Crippen LogP contribution is 2.21. The summed E-state index contributed by atoms with van der Waals surface area (Å²) in [5, 5.41) is 5.93. The van der Waals surface area contributed by atoms with Crippen molar-refractivity contribution in [2.24, 2.45) is 10.8 Å². The number of thiophene rings is 1. The van der Waals surface area contributed by atoms with Gasteiger partial charge in [0.2, 0.25) is 0 Å². The summed E-state index contributed by atoms with van der Waals surface area (Å²) < 4.78 is 0. The summed E-state index contributed by atoms with van der Waals surface area (Å²) in [4.78, 5) is 11.5. The number of aryl methyl sites for hydroxylation is 1. The fraction of sp³-hybridized carbons (Fsp3) is 0.333.